The van der Waals surface area contributed by atoms with Crippen LogP contribution in [0, 0.1) is 6.92 Å². The number of Topliss-reactive ketones (excluding diaryl/α,β-unsaturated/α-hetero) is 1. The lowest BCUT2D eigenvalue weighted by Crippen LogP contribution is -2.32. The van der Waals surface area contributed by atoms with E-state index >= 15 is 0 Å². The van der Waals surface area contributed by atoms with Crippen molar-refractivity contribution in [3.05, 3.63) is 58.7 Å². The van der Waals surface area contributed by atoms with Gasteiger partial charge in [-0.3, -0.25) is 9.59 Å². The molecule has 1 aliphatic rings. The molecule has 2 aromatic carbocycles. The van der Waals surface area contributed by atoms with Gasteiger partial charge in [0.2, 0.25) is 5.75 Å². The van der Waals surface area contributed by atoms with E-state index in [1.54, 1.807) is 24.3 Å². The maximum absolute atomic E-state index is 13.0. The summed E-state index contributed by atoms with van der Waals surface area (Å²) >= 11 is 0. The number of carbonyl (C=O) groups excluding carboxylic acids is 2. The van der Waals surface area contributed by atoms with Gasteiger partial charge in [-0.2, -0.15) is 0 Å². The second kappa shape index (κ2) is 9.74. The van der Waals surface area contributed by atoms with Crippen LogP contribution in [-0.2, 0) is 14.3 Å². The second-order valence-electron chi connectivity index (χ2n) is 7.31. The summed E-state index contributed by atoms with van der Waals surface area (Å²) in [6.45, 7) is 2.30. The third kappa shape index (κ3) is 4.13. The Balaban J connectivity index is 2.25. The van der Waals surface area contributed by atoms with E-state index in [-0.39, 0.29) is 24.5 Å². The first kappa shape index (κ1) is 23.1. The maximum Gasteiger partial charge on any atom is 0.295 e. The van der Waals surface area contributed by atoms with E-state index in [4.69, 9.17) is 18.9 Å². The number of nitrogens with zero attached hydrogens (tertiary/aromatic N) is 1. The van der Waals surface area contributed by atoms with Gasteiger partial charge in [0.25, 0.3) is 11.7 Å². The Morgan fingerprint density at radius 2 is 1.56 bits per heavy atom. The van der Waals surface area contributed by atoms with Gasteiger partial charge >= 0.3 is 0 Å². The number of ketones is 1. The van der Waals surface area contributed by atoms with Gasteiger partial charge < -0.3 is 29.0 Å². The smallest absolute Gasteiger partial charge is 0.295 e. The SMILES string of the molecule is COCCN1C(=O)C(=O)C(=C(O)c2ccc(C)cc2)[C@H]1c1cc(OC)c(OC)c(OC)c1. The summed E-state index contributed by atoms with van der Waals surface area (Å²) in [5.74, 6) is -0.607. The molecular weight excluding hydrogens is 414 g/mol. The highest BCUT2D eigenvalue weighted by Crippen LogP contribution is 2.45. The molecule has 8 nitrogen and oxygen atoms in total. The van der Waals surface area contributed by atoms with Gasteiger partial charge in [0.05, 0.1) is 39.6 Å². The lowest BCUT2D eigenvalue weighted by atomic mass is 9.94. The second-order valence-corrected chi connectivity index (χ2v) is 7.31. The molecule has 0 aliphatic carbocycles. The first-order chi connectivity index (χ1) is 15.4. The van der Waals surface area contributed by atoms with Crippen LogP contribution < -0.4 is 14.2 Å². The standard InChI is InChI=1S/C24H27NO7/c1-14-6-8-15(9-7-14)21(26)19-20(25(10-11-29-2)24(28)22(19)27)16-12-17(30-3)23(32-5)18(13-16)31-4/h6-9,12-13,20,26H,10-11H2,1-5H3/t20-/m1/s1. The molecule has 0 spiro atoms. The molecule has 3 rings (SSSR count). The summed E-state index contributed by atoms with van der Waals surface area (Å²) in [4.78, 5) is 27.3. The molecule has 0 bridgehead atoms. The molecule has 1 saturated heterocycles. The highest BCUT2D eigenvalue weighted by molar-refractivity contribution is 6.46. The third-order valence-corrected chi connectivity index (χ3v) is 5.40. The minimum absolute atomic E-state index is 0.00997. The summed E-state index contributed by atoms with van der Waals surface area (Å²) < 4.78 is 21.4. The van der Waals surface area contributed by atoms with E-state index < -0.39 is 17.7 Å². The van der Waals surface area contributed by atoms with Crippen molar-refractivity contribution >= 4 is 17.4 Å². The minimum atomic E-state index is -0.861. The van der Waals surface area contributed by atoms with E-state index in [0.29, 0.717) is 28.4 Å². The molecular formula is C24H27NO7. The van der Waals surface area contributed by atoms with Gasteiger partial charge in [0, 0.05) is 19.2 Å². The van der Waals surface area contributed by atoms with Crippen molar-refractivity contribution in [2.45, 2.75) is 13.0 Å². The molecule has 1 N–H and O–H groups in total. The van der Waals surface area contributed by atoms with Crippen LogP contribution in [0.3, 0.4) is 0 Å². The zero-order chi connectivity index (χ0) is 23.4. The topological polar surface area (TPSA) is 94.5 Å². The summed E-state index contributed by atoms with van der Waals surface area (Å²) in [6.07, 6.45) is 0. The van der Waals surface area contributed by atoms with Crippen LogP contribution in [0.5, 0.6) is 17.2 Å². The molecule has 1 atom stereocenters. The maximum atomic E-state index is 13.0. The van der Waals surface area contributed by atoms with Crippen LogP contribution in [0.1, 0.15) is 22.7 Å². The largest absolute Gasteiger partial charge is 0.507 e. The highest BCUT2D eigenvalue weighted by Gasteiger charge is 2.46. The lowest BCUT2D eigenvalue weighted by Gasteiger charge is -2.26. The quantitative estimate of drug-likeness (QED) is 0.382. The summed E-state index contributed by atoms with van der Waals surface area (Å²) in [6, 6.07) is 9.54. The zero-order valence-electron chi connectivity index (χ0n) is 18.8. The number of hydrogen-bond acceptors (Lipinski definition) is 7. The van der Waals surface area contributed by atoms with Crippen molar-refractivity contribution < 1.29 is 33.6 Å². The fourth-order valence-electron chi connectivity index (χ4n) is 3.77. The molecule has 1 aliphatic heterocycles. The average Bonchev–Trinajstić information content (AvgIpc) is 3.06. The van der Waals surface area contributed by atoms with Crippen LogP contribution in [0.2, 0.25) is 0 Å². The van der Waals surface area contributed by atoms with E-state index in [0.717, 1.165) is 5.56 Å². The first-order valence-electron chi connectivity index (χ1n) is 10.0. The van der Waals surface area contributed by atoms with Crippen LogP contribution in [0.4, 0.5) is 0 Å². The van der Waals surface area contributed by atoms with Gasteiger partial charge in [-0.25, -0.2) is 0 Å². The molecule has 1 amide bonds. The third-order valence-electron chi connectivity index (χ3n) is 5.40. The Labute approximate surface area is 187 Å². The van der Waals surface area contributed by atoms with Gasteiger partial charge in [-0.1, -0.05) is 29.8 Å². The molecule has 0 unspecified atom stereocenters. The number of ether oxygens (including phenoxy) is 4. The van der Waals surface area contributed by atoms with E-state index in [2.05, 4.69) is 0 Å². The van der Waals surface area contributed by atoms with Crippen molar-refractivity contribution in [3.63, 3.8) is 0 Å². The number of amides is 1. The molecule has 0 saturated carbocycles. The fourth-order valence-corrected chi connectivity index (χ4v) is 3.77. The number of aliphatic hydroxyl groups is 1. The number of hydrogen-bond donors (Lipinski definition) is 1. The Hall–Kier alpha value is -3.52. The number of methoxy groups -OCH3 is 4. The normalized spacial score (nSPS) is 17.5. The van der Waals surface area contributed by atoms with Crippen molar-refractivity contribution in [1.82, 2.24) is 4.90 Å². The predicted octanol–water partition coefficient (Wildman–Crippen LogP) is 3.09. The number of likely N-dealkylation sites (tertiary alicyclic amines) is 1. The van der Waals surface area contributed by atoms with E-state index in [9.17, 15) is 14.7 Å². The van der Waals surface area contributed by atoms with E-state index in [1.807, 2.05) is 19.1 Å². The molecule has 32 heavy (non-hydrogen) atoms. The number of aryl methyl sites for hydroxylation is 1. The van der Waals surface area contributed by atoms with Crippen molar-refractivity contribution in [2.24, 2.45) is 0 Å². The molecule has 8 heteroatoms. The first-order valence-corrected chi connectivity index (χ1v) is 10.0. The minimum Gasteiger partial charge on any atom is -0.507 e. The molecule has 170 valence electrons. The molecule has 1 fully saturated rings. The molecule has 0 radical (unpaired) electrons. The van der Waals surface area contributed by atoms with Crippen molar-refractivity contribution in [3.8, 4) is 17.2 Å². The summed E-state index contributed by atoms with van der Waals surface area (Å²) in [7, 11) is 5.96. The number of aliphatic hydroxyl groups excluding tert-OH is 1. The Morgan fingerprint density at radius 3 is 2.06 bits per heavy atom. The summed E-state index contributed by atoms with van der Waals surface area (Å²) in [5.41, 5.74) is 1.97. The Kier molecular flexibility index (Phi) is 7.05. The number of rotatable bonds is 8. The van der Waals surface area contributed by atoms with Crippen molar-refractivity contribution in [2.75, 3.05) is 41.6 Å². The molecule has 0 aromatic heterocycles. The number of carbonyl (C=O) groups is 2. The van der Waals surface area contributed by atoms with Gasteiger partial charge in [-0.05, 0) is 24.6 Å². The van der Waals surface area contributed by atoms with Crippen LogP contribution in [-0.4, -0.2) is 63.3 Å². The van der Waals surface area contributed by atoms with Crippen LogP contribution in [0.15, 0.2) is 42.0 Å². The fraction of sp³-hybridized carbons (Fsp3) is 0.333. The predicted molar refractivity (Wildman–Crippen MR) is 118 cm³/mol. The lowest BCUT2D eigenvalue weighted by molar-refractivity contribution is -0.140. The summed E-state index contributed by atoms with van der Waals surface area (Å²) in [5, 5.41) is 11.1. The van der Waals surface area contributed by atoms with Crippen molar-refractivity contribution in [1.29, 1.82) is 0 Å². The molecule has 1 heterocycles. The monoisotopic (exact) mass is 441 g/mol. The highest BCUT2D eigenvalue weighted by atomic mass is 16.5. The van der Waals surface area contributed by atoms with Gasteiger partial charge in [0.1, 0.15) is 5.76 Å². The Bertz CT molecular complexity index is 1020. The molecule has 2 aromatic rings. The van der Waals surface area contributed by atoms with Gasteiger partial charge in [-0.15, -0.1) is 0 Å². The van der Waals surface area contributed by atoms with Gasteiger partial charge in [0.15, 0.2) is 11.5 Å². The number of benzene rings is 2. The average molecular weight is 441 g/mol. The Morgan fingerprint density at radius 1 is 0.969 bits per heavy atom. The van der Waals surface area contributed by atoms with Crippen LogP contribution in [0.25, 0.3) is 5.76 Å². The van der Waals surface area contributed by atoms with E-state index in [1.165, 1.54) is 33.3 Å². The zero-order valence-corrected chi connectivity index (χ0v) is 18.8. The van der Waals surface area contributed by atoms with Crippen LogP contribution >= 0.6 is 0 Å².